The Morgan fingerprint density at radius 1 is 1.35 bits per heavy atom. The van der Waals surface area contributed by atoms with Crippen LogP contribution in [0.4, 0.5) is 0 Å². The Morgan fingerprint density at radius 2 is 2.12 bits per heavy atom. The van der Waals surface area contributed by atoms with Crippen molar-refractivity contribution in [2.24, 2.45) is 5.73 Å². The van der Waals surface area contributed by atoms with Gasteiger partial charge in [0.25, 0.3) is 0 Å². The van der Waals surface area contributed by atoms with Gasteiger partial charge in [-0.15, -0.1) is 5.10 Å². The van der Waals surface area contributed by atoms with Gasteiger partial charge in [0.1, 0.15) is 10.7 Å². The van der Waals surface area contributed by atoms with E-state index >= 15 is 0 Å². The molecule has 1 rings (SSSR count). The van der Waals surface area contributed by atoms with Gasteiger partial charge in [0, 0.05) is 27.4 Å². The molecule has 1 aromatic heterocycles. The smallest absolute Gasteiger partial charge is 0.145 e. The Kier molecular flexibility index (Phi) is 6.03. The van der Waals surface area contributed by atoms with Gasteiger partial charge in [-0.3, -0.25) is 0 Å². The van der Waals surface area contributed by atoms with Gasteiger partial charge in [-0.05, 0) is 12.8 Å². The molecule has 0 radical (unpaired) electrons. The summed E-state index contributed by atoms with van der Waals surface area (Å²) >= 11 is 4.92. The molecule has 2 N–H and O–H groups in total. The molecule has 1 aromatic rings. The van der Waals surface area contributed by atoms with Gasteiger partial charge in [-0.2, -0.15) is 0 Å². The van der Waals surface area contributed by atoms with Crippen molar-refractivity contribution >= 4 is 17.2 Å². The molecule has 6 nitrogen and oxygen atoms in total. The molecule has 0 amide bonds. The average Bonchev–Trinajstić information content (AvgIpc) is 2.69. The Hall–Kier alpha value is -1.05. The molecule has 0 aromatic carbocycles. The molecule has 0 saturated carbocycles. The topological polar surface area (TPSA) is 75.2 Å². The first kappa shape index (κ1) is 14.0. The third kappa shape index (κ3) is 4.03. The summed E-state index contributed by atoms with van der Waals surface area (Å²) < 4.78 is 11.9. The second-order valence-corrected chi connectivity index (χ2v) is 4.04. The van der Waals surface area contributed by atoms with Crippen LogP contribution >= 0.6 is 12.2 Å². The molecule has 0 unspecified atom stereocenters. The zero-order valence-electron chi connectivity index (χ0n) is 10.2. The van der Waals surface area contributed by atoms with E-state index in [-0.39, 0.29) is 4.99 Å². The highest BCUT2D eigenvalue weighted by Crippen LogP contribution is 2.08. The molecule has 0 saturated heterocycles. The molecule has 0 fully saturated rings. The largest absolute Gasteiger partial charge is 0.388 e. The molecule has 0 atom stereocenters. The minimum atomic E-state index is 0.250. The third-order valence-electron chi connectivity index (χ3n) is 2.32. The number of nitrogens with two attached hydrogens (primary N) is 1. The normalized spacial score (nSPS) is 10.7. The molecular formula is C10H18N4O2S. The van der Waals surface area contributed by atoms with E-state index in [0.717, 1.165) is 31.7 Å². The summed E-state index contributed by atoms with van der Waals surface area (Å²) in [5.74, 6) is 0. The second-order valence-electron chi connectivity index (χ2n) is 3.61. The van der Waals surface area contributed by atoms with Gasteiger partial charge in [-0.1, -0.05) is 17.4 Å². The molecule has 7 heteroatoms. The Balaban J connectivity index is 2.67. The van der Waals surface area contributed by atoms with Crippen molar-refractivity contribution in [1.82, 2.24) is 15.0 Å². The highest BCUT2D eigenvalue weighted by molar-refractivity contribution is 7.80. The number of aromatic nitrogens is 3. The SMILES string of the molecule is COCCCCn1nnc(C(N)=S)c1COC. The van der Waals surface area contributed by atoms with Crippen LogP contribution < -0.4 is 5.73 Å². The van der Waals surface area contributed by atoms with E-state index in [1.54, 1.807) is 18.9 Å². The third-order valence-corrected chi connectivity index (χ3v) is 2.51. The number of hydrogen-bond acceptors (Lipinski definition) is 5. The van der Waals surface area contributed by atoms with Crippen LogP contribution in [-0.2, 0) is 22.6 Å². The summed E-state index contributed by atoms with van der Waals surface area (Å²) in [5.41, 5.74) is 6.96. The van der Waals surface area contributed by atoms with Crippen molar-refractivity contribution in [2.45, 2.75) is 26.0 Å². The number of unbranched alkanes of at least 4 members (excludes halogenated alkanes) is 1. The zero-order valence-corrected chi connectivity index (χ0v) is 11.0. The summed E-state index contributed by atoms with van der Waals surface area (Å²) in [6.45, 7) is 1.91. The monoisotopic (exact) mass is 258 g/mol. The minimum absolute atomic E-state index is 0.250. The van der Waals surface area contributed by atoms with Crippen molar-refractivity contribution in [3.8, 4) is 0 Å². The first-order valence-electron chi connectivity index (χ1n) is 5.40. The number of rotatable bonds is 8. The Labute approximate surface area is 106 Å². The molecule has 0 aliphatic heterocycles. The summed E-state index contributed by atoms with van der Waals surface area (Å²) in [5, 5.41) is 8.00. The first-order valence-corrected chi connectivity index (χ1v) is 5.81. The average molecular weight is 258 g/mol. The maximum Gasteiger partial charge on any atom is 0.145 e. The fraction of sp³-hybridized carbons (Fsp3) is 0.700. The fourth-order valence-electron chi connectivity index (χ4n) is 1.49. The first-order chi connectivity index (χ1) is 8.20. The number of ether oxygens (including phenoxy) is 2. The van der Waals surface area contributed by atoms with E-state index < -0.39 is 0 Å². The Morgan fingerprint density at radius 3 is 2.71 bits per heavy atom. The maximum absolute atomic E-state index is 5.57. The van der Waals surface area contributed by atoms with E-state index in [4.69, 9.17) is 27.4 Å². The fourth-order valence-corrected chi connectivity index (χ4v) is 1.65. The summed E-state index contributed by atoms with van der Waals surface area (Å²) in [6.07, 6.45) is 1.94. The van der Waals surface area contributed by atoms with E-state index in [1.165, 1.54) is 0 Å². The van der Waals surface area contributed by atoms with Gasteiger partial charge in [0.2, 0.25) is 0 Å². The van der Waals surface area contributed by atoms with Crippen LogP contribution in [0.1, 0.15) is 24.2 Å². The van der Waals surface area contributed by atoms with Crippen molar-refractivity contribution < 1.29 is 9.47 Å². The molecule has 0 bridgehead atoms. The standard InChI is InChI=1S/C10H18N4O2S/c1-15-6-4-3-5-14-8(7-16-2)9(10(11)17)12-13-14/h3-7H2,1-2H3,(H2,11,17). The van der Waals surface area contributed by atoms with Crippen LogP contribution in [0.15, 0.2) is 0 Å². The van der Waals surface area contributed by atoms with Crippen molar-refractivity contribution in [3.63, 3.8) is 0 Å². The van der Waals surface area contributed by atoms with Crippen LogP contribution in [0.2, 0.25) is 0 Å². The molecule has 96 valence electrons. The number of methoxy groups -OCH3 is 2. The lowest BCUT2D eigenvalue weighted by Crippen LogP contribution is -2.15. The van der Waals surface area contributed by atoms with Crippen molar-refractivity contribution in [2.75, 3.05) is 20.8 Å². The van der Waals surface area contributed by atoms with Gasteiger partial charge in [0.05, 0.1) is 12.3 Å². The second kappa shape index (κ2) is 7.31. The van der Waals surface area contributed by atoms with Crippen LogP contribution in [-0.4, -0.2) is 40.8 Å². The predicted molar refractivity (Wildman–Crippen MR) is 67.7 cm³/mol. The van der Waals surface area contributed by atoms with Crippen LogP contribution in [0.25, 0.3) is 0 Å². The molecular weight excluding hydrogens is 240 g/mol. The van der Waals surface area contributed by atoms with E-state index in [2.05, 4.69) is 10.3 Å². The lowest BCUT2D eigenvalue weighted by molar-refractivity contribution is 0.174. The predicted octanol–water partition coefficient (Wildman–Crippen LogP) is 0.485. The highest BCUT2D eigenvalue weighted by atomic mass is 32.1. The van der Waals surface area contributed by atoms with E-state index in [0.29, 0.717) is 12.3 Å². The summed E-state index contributed by atoms with van der Waals surface area (Å²) in [4.78, 5) is 0.250. The van der Waals surface area contributed by atoms with Crippen LogP contribution in [0.3, 0.4) is 0 Å². The Bertz CT molecular complexity index is 367. The lowest BCUT2D eigenvalue weighted by atomic mass is 10.3. The van der Waals surface area contributed by atoms with Crippen molar-refractivity contribution in [3.05, 3.63) is 11.4 Å². The number of aryl methyl sites for hydroxylation is 1. The van der Waals surface area contributed by atoms with Gasteiger partial charge >= 0.3 is 0 Å². The molecule has 0 aliphatic carbocycles. The summed E-state index contributed by atoms with van der Waals surface area (Å²) in [7, 11) is 3.31. The van der Waals surface area contributed by atoms with Gasteiger partial charge < -0.3 is 15.2 Å². The van der Waals surface area contributed by atoms with Crippen molar-refractivity contribution in [1.29, 1.82) is 0 Å². The lowest BCUT2D eigenvalue weighted by Gasteiger charge is -2.06. The van der Waals surface area contributed by atoms with Crippen LogP contribution in [0, 0.1) is 0 Å². The molecule has 17 heavy (non-hydrogen) atoms. The molecule has 1 heterocycles. The highest BCUT2D eigenvalue weighted by Gasteiger charge is 2.14. The number of thiocarbonyl (C=S) groups is 1. The summed E-state index contributed by atoms with van der Waals surface area (Å²) in [6, 6.07) is 0. The molecule has 0 spiro atoms. The van der Waals surface area contributed by atoms with Crippen LogP contribution in [0.5, 0.6) is 0 Å². The van der Waals surface area contributed by atoms with E-state index in [9.17, 15) is 0 Å². The number of nitrogens with zero attached hydrogens (tertiary/aromatic N) is 3. The van der Waals surface area contributed by atoms with E-state index in [1.807, 2.05) is 0 Å². The quantitative estimate of drug-likeness (QED) is 0.540. The van der Waals surface area contributed by atoms with Gasteiger partial charge in [0.15, 0.2) is 0 Å². The molecule has 0 aliphatic rings. The minimum Gasteiger partial charge on any atom is -0.388 e. The maximum atomic E-state index is 5.57. The van der Waals surface area contributed by atoms with Gasteiger partial charge in [-0.25, -0.2) is 4.68 Å². The number of hydrogen-bond donors (Lipinski definition) is 1. The zero-order chi connectivity index (χ0) is 12.7.